The number of benzene rings is 1. The van der Waals surface area contributed by atoms with E-state index in [1.54, 1.807) is 0 Å². The van der Waals surface area contributed by atoms with Crippen molar-refractivity contribution in [2.45, 2.75) is 17.3 Å². The van der Waals surface area contributed by atoms with Gasteiger partial charge in [0.1, 0.15) is 0 Å². The molecule has 0 bridgehead atoms. The molecule has 0 heterocycles. The smallest absolute Gasteiger partial charge is 0.383 e. The van der Waals surface area contributed by atoms with Gasteiger partial charge >= 0.3 is 5.51 Å². The van der Waals surface area contributed by atoms with Crippen molar-refractivity contribution in [2.75, 3.05) is 25.1 Å². The lowest BCUT2D eigenvalue weighted by molar-refractivity contribution is -0.0436. The molecule has 0 fully saturated rings. The molecule has 0 atom stereocenters. The van der Waals surface area contributed by atoms with Gasteiger partial charge in [-0.15, -0.1) is 0 Å². The fourth-order valence-electron chi connectivity index (χ4n) is 1.40. The standard InChI is InChI=1S/C13H16F3NO3S/c1-10(2)9-20-8-7-17-11-3-5-12(6-4-11)21(18,19)13(14,15)16/h3-6,17H,1,7-9H2,2H3. The number of hydrogen-bond acceptors (Lipinski definition) is 4. The molecule has 1 rings (SSSR count). The van der Waals surface area contributed by atoms with Gasteiger partial charge in [0, 0.05) is 12.2 Å². The van der Waals surface area contributed by atoms with Gasteiger partial charge < -0.3 is 10.1 Å². The van der Waals surface area contributed by atoms with Crippen LogP contribution in [0.1, 0.15) is 6.92 Å². The third-order valence-corrected chi connectivity index (χ3v) is 3.90. The van der Waals surface area contributed by atoms with Crippen LogP contribution in [0.3, 0.4) is 0 Å². The molecule has 0 aliphatic heterocycles. The van der Waals surface area contributed by atoms with Crippen LogP contribution in [0.2, 0.25) is 0 Å². The minimum absolute atomic E-state index is 0.398. The molecule has 0 saturated carbocycles. The maximum atomic E-state index is 12.3. The summed E-state index contributed by atoms with van der Waals surface area (Å²) in [6.45, 7) is 6.77. The normalized spacial score (nSPS) is 12.2. The van der Waals surface area contributed by atoms with Crippen molar-refractivity contribution >= 4 is 15.5 Å². The summed E-state index contributed by atoms with van der Waals surface area (Å²) < 4.78 is 64.6. The summed E-state index contributed by atoms with van der Waals surface area (Å²) in [7, 11) is -5.29. The topological polar surface area (TPSA) is 55.4 Å². The number of sulfone groups is 1. The molecule has 0 amide bonds. The summed E-state index contributed by atoms with van der Waals surface area (Å²) in [5, 5.41) is 2.91. The highest BCUT2D eigenvalue weighted by molar-refractivity contribution is 7.92. The average molecular weight is 323 g/mol. The van der Waals surface area contributed by atoms with Gasteiger partial charge in [0.2, 0.25) is 0 Å². The van der Waals surface area contributed by atoms with Crippen LogP contribution < -0.4 is 5.32 Å². The van der Waals surface area contributed by atoms with Crippen LogP contribution in [0.25, 0.3) is 0 Å². The van der Waals surface area contributed by atoms with Gasteiger partial charge in [0.15, 0.2) is 0 Å². The lowest BCUT2D eigenvalue weighted by atomic mass is 10.3. The van der Waals surface area contributed by atoms with E-state index in [0.717, 1.165) is 17.7 Å². The summed E-state index contributed by atoms with van der Waals surface area (Å²) in [5.74, 6) is 0. The van der Waals surface area contributed by atoms with Crippen molar-refractivity contribution in [1.82, 2.24) is 0 Å². The van der Waals surface area contributed by atoms with Crippen molar-refractivity contribution in [3.05, 3.63) is 36.4 Å². The highest BCUT2D eigenvalue weighted by atomic mass is 32.2. The molecule has 0 aromatic heterocycles. The Morgan fingerprint density at radius 1 is 1.29 bits per heavy atom. The van der Waals surface area contributed by atoms with Crippen molar-refractivity contribution < 1.29 is 26.3 Å². The van der Waals surface area contributed by atoms with Gasteiger partial charge in [-0.2, -0.15) is 13.2 Å². The number of ether oxygens (including phenoxy) is 1. The molecule has 21 heavy (non-hydrogen) atoms. The number of alkyl halides is 3. The number of rotatable bonds is 7. The summed E-state index contributed by atoms with van der Waals surface area (Å²) in [6.07, 6.45) is 0. The van der Waals surface area contributed by atoms with Crippen molar-refractivity contribution in [1.29, 1.82) is 0 Å². The Morgan fingerprint density at radius 2 is 1.86 bits per heavy atom. The first-order chi connectivity index (χ1) is 9.64. The molecular weight excluding hydrogens is 307 g/mol. The van der Waals surface area contributed by atoms with Gasteiger partial charge in [-0.05, 0) is 31.2 Å². The first-order valence-electron chi connectivity index (χ1n) is 6.02. The minimum atomic E-state index is -5.29. The van der Waals surface area contributed by atoms with Gasteiger partial charge in [0.05, 0.1) is 18.1 Å². The Kier molecular flexibility index (Phi) is 5.79. The monoisotopic (exact) mass is 323 g/mol. The van der Waals surface area contributed by atoms with Crippen LogP contribution in [-0.4, -0.2) is 33.7 Å². The number of anilines is 1. The molecule has 8 heteroatoms. The van der Waals surface area contributed by atoms with E-state index in [4.69, 9.17) is 4.74 Å². The van der Waals surface area contributed by atoms with Crippen LogP contribution in [0.4, 0.5) is 18.9 Å². The number of hydrogen-bond donors (Lipinski definition) is 1. The molecule has 1 aromatic carbocycles. The first kappa shape index (κ1) is 17.5. The van der Waals surface area contributed by atoms with Crippen LogP contribution in [-0.2, 0) is 14.6 Å². The Balaban J connectivity index is 2.57. The molecule has 0 radical (unpaired) electrons. The van der Waals surface area contributed by atoms with E-state index in [-0.39, 0.29) is 0 Å². The zero-order valence-electron chi connectivity index (χ0n) is 11.4. The second-order valence-electron chi connectivity index (χ2n) is 4.41. The van der Waals surface area contributed by atoms with E-state index >= 15 is 0 Å². The summed E-state index contributed by atoms with van der Waals surface area (Å²) in [5.41, 5.74) is -3.90. The Bertz CT molecular complexity index is 580. The van der Waals surface area contributed by atoms with Crippen LogP contribution in [0, 0.1) is 0 Å². The molecule has 1 aromatic rings. The zero-order valence-corrected chi connectivity index (χ0v) is 12.2. The Labute approximate surface area is 121 Å². The molecule has 0 spiro atoms. The predicted octanol–water partition coefficient (Wildman–Crippen LogP) is 2.98. The van der Waals surface area contributed by atoms with Crippen LogP contribution >= 0.6 is 0 Å². The average Bonchev–Trinajstić information content (AvgIpc) is 2.37. The fourth-order valence-corrected chi connectivity index (χ4v) is 2.16. The number of nitrogens with one attached hydrogen (secondary N) is 1. The molecule has 1 N–H and O–H groups in total. The predicted molar refractivity (Wildman–Crippen MR) is 73.8 cm³/mol. The summed E-state index contributed by atoms with van der Waals surface area (Å²) in [4.78, 5) is -0.779. The van der Waals surface area contributed by atoms with Crippen molar-refractivity contribution in [3.63, 3.8) is 0 Å². The van der Waals surface area contributed by atoms with E-state index in [0.29, 0.717) is 25.4 Å². The van der Waals surface area contributed by atoms with Crippen molar-refractivity contribution in [2.24, 2.45) is 0 Å². The van der Waals surface area contributed by atoms with Gasteiger partial charge in [-0.25, -0.2) is 8.42 Å². The maximum Gasteiger partial charge on any atom is 0.501 e. The fraction of sp³-hybridized carbons (Fsp3) is 0.385. The van der Waals surface area contributed by atoms with Crippen LogP contribution in [0.5, 0.6) is 0 Å². The van der Waals surface area contributed by atoms with E-state index < -0.39 is 20.2 Å². The van der Waals surface area contributed by atoms with E-state index in [9.17, 15) is 21.6 Å². The molecule has 0 aliphatic rings. The largest absolute Gasteiger partial charge is 0.501 e. The quantitative estimate of drug-likeness (QED) is 0.619. The molecule has 0 aliphatic carbocycles. The van der Waals surface area contributed by atoms with E-state index in [1.165, 1.54) is 12.1 Å². The first-order valence-corrected chi connectivity index (χ1v) is 7.50. The summed E-state index contributed by atoms with van der Waals surface area (Å²) in [6, 6.07) is 4.38. The third-order valence-electron chi connectivity index (χ3n) is 2.39. The lowest BCUT2D eigenvalue weighted by Gasteiger charge is -2.10. The van der Waals surface area contributed by atoms with Gasteiger partial charge in [-0.3, -0.25) is 0 Å². The SMILES string of the molecule is C=C(C)COCCNc1ccc(S(=O)(=O)C(F)(F)F)cc1. The Hall–Kier alpha value is -1.54. The molecule has 0 unspecified atom stereocenters. The second-order valence-corrected chi connectivity index (χ2v) is 6.35. The second kappa shape index (κ2) is 6.95. The molecule has 0 saturated heterocycles. The highest BCUT2D eigenvalue weighted by Crippen LogP contribution is 2.30. The van der Waals surface area contributed by atoms with Crippen LogP contribution in [0.15, 0.2) is 41.3 Å². The molecule has 4 nitrogen and oxygen atoms in total. The van der Waals surface area contributed by atoms with Gasteiger partial charge in [-0.1, -0.05) is 12.2 Å². The van der Waals surface area contributed by atoms with E-state index in [2.05, 4.69) is 11.9 Å². The summed E-state index contributed by atoms with van der Waals surface area (Å²) >= 11 is 0. The minimum Gasteiger partial charge on any atom is -0.383 e. The lowest BCUT2D eigenvalue weighted by Crippen LogP contribution is -2.23. The van der Waals surface area contributed by atoms with Crippen molar-refractivity contribution in [3.8, 4) is 0 Å². The molecule has 118 valence electrons. The zero-order chi connectivity index (χ0) is 16.1. The highest BCUT2D eigenvalue weighted by Gasteiger charge is 2.46. The Morgan fingerprint density at radius 3 is 2.33 bits per heavy atom. The van der Waals surface area contributed by atoms with Gasteiger partial charge in [0.25, 0.3) is 9.84 Å². The maximum absolute atomic E-state index is 12.3. The third kappa shape index (κ3) is 5.05. The molecular formula is C13H16F3NO3S. The number of halogens is 3. The van der Waals surface area contributed by atoms with E-state index in [1.807, 2.05) is 6.92 Å².